The van der Waals surface area contributed by atoms with Gasteiger partial charge in [0.2, 0.25) is 5.75 Å². The summed E-state index contributed by atoms with van der Waals surface area (Å²) in [6.45, 7) is 4.50. The summed E-state index contributed by atoms with van der Waals surface area (Å²) in [5.41, 5.74) is 0.866. The highest BCUT2D eigenvalue weighted by Gasteiger charge is 2.16. The summed E-state index contributed by atoms with van der Waals surface area (Å²) < 4.78 is 10.0. The Balaban J connectivity index is 3.04. The molecule has 0 fully saturated rings. The number of ether oxygens (including phenoxy) is 2. The number of aromatic hydroxyl groups is 1. The predicted molar refractivity (Wildman–Crippen MR) is 71.2 cm³/mol. The monoisotopic (exact) mass is 268 g/mol. The Morgan fingerprint density at radius 2 is 2.00 bits per heavy atom. The van der Waals surface area contributed by atoms with Gasteiger partial charge in [-0.3, -0.25) is 0 Å². The molecule has 0 radical (unpaired) electrons. The molecule has 0 bridgehead atoms. The molecular formula is C14H20O5. The quantitative estimate of drug-likeness (QED) is 0.584. The van der Waals surface area contributed by atoms with Crippen molar-refractivity contribution >= 4 is 6.16 Å². The standard InChI is InChI=1S/C14H20O5/c1-3-5-6-10-7-8-11(19-14(16)17)12(15)13(10)18-9-4-2/h7-8,15H,3-6,9H2,1-2H3,(H,16,17). The fraction of sp³-hybridized carbons (Fsp3) is 0.500. The number of phenols is 1. The highest BCUT2D eigenvalue weighted by atomic mass is 16.7. The molecule has 2 N–H and O–H groups in total. The van der Waals surface area contributed by atoms with Crippen LogP contribution in [0.2, 0.25) is 0 Å². The molecule has 0 aliphatic rings. The van der Waals surface area contributed by atoms with E-state index < -0.39 is 6.16 Å². The summed E-state index contributed by atoms with van der Waals surface area (Å²) in [7, 11) is 0. The summed E-state index contributed by atoms with van der Waals surface area (Å²) in [6.07, 6.45) is 2.12. The third-order valence-corrected chi connectivity index (χ3v) is 2.62. The summed E-state index contributed by atoms with van der Waals surface area (Å²) in [5.74, 6) is -0.0163. The number of carbonyl (C=O) groups is 1. The molecule has 0 spiro atoms. The van der Waals surface area contributed by atoms with Crippen LogP contribution in [0.1, 0.15) is 38.7 Å². The molecule has 0 unspecified atom stereocenters. The fourth-order valence-corrected chi connectivity index (χ4v) is 1.70. The average molecular weight is 268 g/mol. The maximum atomic E-state index is 10.5. The van der Waals surface area contributed by atoms with Crippen molar-refractivity contribution in [3.63, 3.8) is 0 Å². The number of unbranched alkanes of at least 4 members (excludes halogenated alkanes) is 1. The SMILES string of the molecule is CCCCc1ccc(OC(=O)O)c(O)c1OCCC. The molecule has 19 heavy (non-hydrogen) atoms. The summed E-state index contributed by atoms with van der Waals surface area (Å²) in [5, 5.41) is 18.6. The number of aryl methyl sites for hydroxylation is 1. The van der Waals surface area contributed by atoms with Crippen molar-refractivity contribution in [3.05, 3.63) is 17.7 Å². The zero-order valence-electron chi connectivity index (χ0n) is 11.3. The van der Waals surface area contributed by atoms with E-state index in [9.17, 15) is 9.90 Å². The van der Waals surface area contributed by atoms with E-state index in [-0.39, 0.29) is 11.5 Å². The minimum absolute atomic E-state index is 0.0983. The Bertz CT molecular complexity index is 428. The largest absolute Gasteiger partial charge is 0.511 e. The first-order valence-corrected chi connectivity index (χ1v) is 6.48. The van der Waals surface area contributed by atoms with Gasteiger partial charge in [-0.2, -0.15) is 0 Å². The minimum atomic E-state index is -1.46. The lowest BCUT2D eigenvalue weighted by Crippen LogP contribution is -2.05. The first-order chi connectivity index (χ1) is 9.10. The second-order valence-electron chi connectivity index (χ2n) is 4.22. The smallest absolute Gasteiger partial charge is 0.502 e. The second-order valence-corrected chi connectivity index (χ2v) is 4.22. The van der Waals surface area contributed by atoms with Crippen molar-refractivity contribution < 1.29 is 24.5 Å². The lowest BCUT2D eigenvalue weighted by molar-refractivity contribution is 0.142. The zero-order chi connectivity index (χ0) is 14.3. The topological polar surface area (TPSA) is 76.0 Å². The van der Waals surface area contributed by atoms with Crippen LogP contribution in [0.4, 0.5) is 4.79 Å². The predicted octanol–water partition coefficient (Wildman–Crippen LogP) is 3.58. The number of phenolic OH excluding ortho intramolecular Hbond substituents is 1. The molecule has 1 aromatic rings. The van der Waals surface area contributed by atoms with Crippen LogP contribution in [0, 0.1) is 0 Å². The van der Waals surface area contributed by atoms with E-state index in [0.717, 1.165) is 31.2 Å². The van der Waals surface area contributed by atoms with E-state index in [2.05, 4.69) is 11.7 Å². The van der Waals surface area contributed by atoms with Crippen LogP contribution in [0.25, 0.3) is 0 Å². The molecule has 0 amide bonds. The van der Waals surface area contributed by atoms with Crippen molar-refractivity contribution in [3.8, 4) is 17.2 Å². The Morgan fingerprint density at radius 1 is 1.26 bits per heavy atom. The molecule has 1 rings (SSSR count). The normalized spacial score (nSPS) is 10.2. The van der Waals surface area contributed by atoms with Gasteiger partial charge in [-0.05, 0) is 30.9 Å². The molecule has 0 atom stereocenters. The van der Waals surface area contributed by atoms with Crippen molar-refractivity contribution in [1.29, 1.82) is 0 Å². The van der Waals surface area contributed by atoms with Crippen LogP contribution in [0.3, 0.4) is 0 Å². The van der Waals surface area contributed by atoms with Gasteiger partial charge in [-0.25, -0.2) is 4.79 Å². The van der Waals surface area contributed by atoms with E-state index in [1.54, 1.807) is 6.07 Å². The fourth-order valence-electron chi connectivity index (χ4n) is 1.70. The number of benzene rings is 1. The molecule has 5 nitrogen and oxygen atoms in total. The van der Waals surface area contributed by atoms with Crippen LogP contribution in [0.15, 0.2) is 12.1 Å². The lowest BCUT2D eigenvalue weighted by Gasteiger charge is -2.14. The molecule has 106 valence electrons. The van der Waals surface area contributed by atoms with E-state index >= 15 is 0 Å². The van der Waals surface area contributed by atoms with Gasteiger partial charge < -0.3 is 19.7 Å². The maximum absolute atomic E-state index is 10.5. The van der Waals surface area contributed by atoms with Crippen LogP contribution in [-0.2, 0) is 6.42 Å². The van der Waals surface area contributed by atoms with Crippen LogP contribution in [0.5, 0.6) is 17.2 Å². The second kappa shape index (κ2) is 7.51. The van der Waals surface area contributed by atoms with E-state index in [4.69, 9.17) is 9.84 Å². The first kappa shape index (κ1) is 15.1. The maximum Gasteiger partial charge on any atom is 0.511 e. The Morgan fingerprint density at radius 3 is 2.58 bits per heavy atom. The van der Waals surface area contributed by atoms with Gasteiger partial charge in [0.25, 0.3) is 0 Å². The van der Waals surface area contributed by atoms with Gasteiger partial charge in [0.05, 0.1) is 6.61 Å². The number of carboxylic acid groups (broad SMARTS) is 1. The molecular weight excluding hydrogens is 248 g/mol. The first-order valence-electron chi connectivity index (χ1n) is 6.48. The zero-order valence-corrected chi connectivity index (χ0v) is 11.3. The van der Waals surface area contributed by atoms with Crippen LogP contribution >= 0.6 is 0 Å². The van der Waals surface area contributed by atoms with E-state index in [1.165, 1.54) is 6.07 Å². The third kappa shape index (κ3) is 4.35. The molecule has 0 aliphatic carbocycles. The Kier molecular flexibility index (Phi) is 5.99. The molecule has 0 saturated heterocycles. The third-order valence-electron chi connectivity index (χ3n) is 2.62. The molecule has 0 aromatic heterocycles. The van der Waals surface area contributed by atoms with Gasteiger partial charge >= 0.3 is 6.16 Å². The van der Waals surface area contributed by atoms with Gasteiger partial charge in [0.1, 0.15) is 0 Å². The van der Waals surface area contributed by atoms with Gasteiger partial charge in [-0.1, -0.05) is 26.3 Å². The Hall–Kier alpha value is -1.91. The van der Waals surface area contributed by atoms with Gasteiger partial charge in [-0.15, -0.1) is 0 Å². The summed E-state index contributed by atoms with van der Waals surface area (Å²) in [4.78, 5) is 10.5. The Labute approximate surface area is 112 Å². The highest BCUT2D eigenvalue weighted by Crippen LogP contribution is 2.39. The number of hydrogen-bond donors (Lipinski definition) is 2. The van der Waals surface area contributed by atoms with E-state index in [0.29, 0.717) is 12.4 Å². The average Bonchev–Trinajstić information content (AvgIpc) is 2.37. The number of rotatable bonds is 7. The van der Waals surface area contributed by atoms with Crippen molar-refractivity contribution in [2.45, 2.75) is 39.5 Å². The van der Waals surface area contributed by atoms with Crippen molar-refractivity contribution in [2.75, 3.05) is 6.61 Å². The van der Waals surface area contributed by atoms with Crippen molar-refractivity contribution in [1.82, 2.24) is 0 Å². The molecule has 0 aliphatic heterocycles. The van der Waals surface area contributed by atoms with Crippen LogP contribution in [-0.4, -0.2) is 23.0 Å². The van der Waals surface area contributed by atoms with Gasteiger partial charge in [0.15, 0.2) is 11.5 Å². The van der Waals surface area contributed by atoms with E-state index in [1.807, 2.05) is 6.92 Å². The van der Waals surface area contributed by atoms with Crippen LogP contribution < -0.4 is 9.47 Å². The lowest BCUT2D eigenvalue weighted by atomic mass is 10.1. The molecule has 0 heterocycles. The minimum Gasteiger partial charge on any atom is -0.502 e. The highest BCUT2D eigenvalue weighted by molar-refractivity contribution is 5.65. The number of hydrogen-bond acceptors (Lipinski definition) is 4. The summed E-state index contributed by atoms with van der Waals surface area (Å²) in [6, 6.07) is 3.19. The molecule has 5 heteroatoms. The molecule has 0 saturated carbocycles. The summed E-state index contributed by atoms with van der Waals surface area (Å²) >= 11 is 0. The molecule has 1 aromatic carbocycles. The van der Waals surface area contributed by atoms with Gasteiger partial charge in [0, 0.05) is 0 Å². The van der Waals surface area contributed by atoms with Crippen molar-refractivity contribution in [2.24, 2.45) is 0 Å².